The second kappa shape index (κ2) is 5.19. The molecule has 1 unspecified atom stereocenters. The summed E-state index contributed by atoms with van der Waals surface area (Å²) in [5, 5.41) is 0.847. The van der Waals surface area contributed by atoms with Crippen LogP contribution in [0.1, 0.15) is 26.3 Å². The molecule has 1 atom stereocenters. The number of benzene rings is 1. The minimum atomic E-state index is -0.236. The fourth-order valence-corrected chi connectivity index (χ4v) is 3.76. The third kappa shape index (κ3) is 2.63. The summed E-state index contributed by atoms with van der Waals surface area (Å²) in [6.45, 7) is 4.14. The molecule has 1 heterocycles. The zero-order chi connectivity index (χ0) is 12.6. The van der Waals surface area contributed by atoms with Crippen LogP contribution in [0.2, 0.25) is 10.0 Å². The Morgan fingerprint density at radius 3 is 2.47 bits per heavy atom. The van der Waals surface area contributed by atoms with Crippen LogP contribution in [0.15, 0.2) is 24.3 Å². The third-order valence-corrected chi connectivity index (χ3v) is 5.20. The van der Waals surface area contributed by atoms with Crippen molar-refractivity contribution in [1.82, 2.24) is 0 Å². The molecule has 1 aromatic heterocycles. The monoisotopic (exact) mass is 304 g/mol. The van der Waals surface area contributed by atoms with Crippen LogP contribution in [0.25, 0.3) is 0 Å². The molecule has 0 spiro atoms. The minimum Gasteiger partial charge on any atom is -0.143 e. The summed E-state index contributed by atoms with van der Waals surface area (Å²) in [6, 6.07) is 7.69. The van der Waals surface area contributed by atoms with Gasteiger partial charge in [-0.3, -0.25) is 0 Å². The van der Waals surface area contributed by atoms with Gasteiger partial charge in [0, 0.05) is 9.75 Å². The lowest BCUT2D eigenvalue weighted by Crippen LogP contribution is -1.93. The number of aryl methyl sites for hydroxylation is 2. The molecule has 2 aromatic rings. The molecule has 0 bridgehead atoms. The van der Waals surface area contributed by atoms with Gasteiger partial charge in [0.05, 0.1) is 15.4 Å². The minimum absolute atomic E-state index is 0.236. The average molecular weight is 306 g/mol. The first-order valence-corrected chi connectivity index (χ1v) is 7.16. The predicted molar refractivity (Wildman–Crippen MR) is 78.0 cm³/mol. The van der Waals surface area contributed by atoms with Gasteiger partial charge in [-0.25, -0.2) is 0 Å². The molecule has 2 rings (SSSR count). The maximum Gasteiger partial charge on any atom is 0.0945 e. The van der Waals surface area contributed by atoms with Crippen molar-refractivity contribution in [3.05, 3.63) is 55.2 Å². The first-order valence-electron chi connectivity index (χ1n) is 5.15. The Balaban J connectivity index is 2.47. The number of hydrogen-bond acceptors (Lipinski definition) is 1. The smallest absolute Gasteiger partial charge is 0.0945 e. The van der Waals surface area contributed by atoms with E-state index in [2.05, 4.69) is 19.9 Å². The van der Waals surface area contributed by atoms with Crippen molar-refractivity contribution in [3.63, 3.8) is 0 Å². The van der Waals surface area contributed by atoms with Gasteiger partial charge in [-0.2, -0.15) is 0 Å². The van der Waals surface area contributed by atoms with Crippen molar-refractivity contribution in [2.75, 3.05) is 0 Å². The van der Waals surface area contributed by atoms with Crippen LogP contribution in [0.4, 0.5) is 0 Å². The van der Waals surface area contributed by atoms with Crippen LogP contribution in [-0.2, 0) is 0 Å². The highest BCUT2D eigenvalue weighted by Crippen LogP contribution is 2.41. The Bertz CT molecular complexity index is 546. The third-order valence-electron chi connectivity index (χ3n) is 2.56. The highest BCUT2D eigenvalue weighted by molar-refractivity contribution is 7.12. The number of alkyl halides is 1. The lowest BCUT2D eigenvalue weighted by molar-refractivity contribution is 1.16. The fourth-order valence-electron chi connectivity index (χ4n) is 1.77. The van der Waals surface area contributed by atoms with Gasteiger partial charge in [-0.15, -0.1) is 22.9 Å². The number of halogens is 3. The standard InChI is InChI=1S/C13H11Cl3S/c1-7-6-8(2)17-13(7)12(16)9-4-3-5-10(14)11(9)15/h3-6,12H,1-2H3. The van der Waals surface area contributed by atoms with E-state index in [0.717, 1.165) is 10.4 Å². The Morgan fingerprint density at radius 1 is 1.18 bits per heavy atom. The van der Waals surface area contributed by atoms with Gasteiger partial charge < -0.3 is 0 Å². The molecule has 0 aliphatic heterocycles. The maximum absolute atomic E-state index is 6.49. The molecule has 0 radical (unpaired) electrons. The van der Waals surface area contributed by atoms with Crippen LogP contribution in [-0.4, -0.2) is 0 Å². The zero-order valence-electron chi connectivity index (χ0n) is 9.43. The predicted octanol–water partition coefficient (Wildman–Crippen LogP) is 6.00. The van der Waals surface area contributed by atoms with Gasteiger partial charge in [0.15, 0.2) is 0 Å². The molecule has 0 aliphatic rings. The summed E-state index contributed by atoms with van der Waals surface area (Å²) < 4.78 is 0. The maximum atomic E-state index is 6.49. The Labute approximate surface area is 120 Å². The normalized spacial score (nSPS) is 12.8. The molecule has 0 saturated carbocycles. The second-order valence-electron chi connectivity index (χ2n) is 3.91. The van der Waals surface area contributed by atoms with E-state index >= 15 is 0 Å². The largest absolute Gasteiger partial charge is 0.143 e. The number of hydrogen-bond donors (Lipinski definition) is 0. The Hall–Kier alpha value is -0.210. The number of thiophene rings is 1. The summed E-state index contributed by atoms with van der Waals surface area (Å²) >= 11 is 20.4. The molecular formula is C13H11Cl3S. The quantitative estimate of drug-likeness (QED) is 0.597. The summed E-state index contributed by atoms with van der Waals surface area (Å²) in [5.41, 5.74) is 2.06. The van der Waals surface area contributed by atoms with E-state index in [4.69, 9.17) is 34.8 Å². The molecule has 4 heteroatoms. The van der Waals surface area contributed by atoms with Crippen molar-refractivity contribution in [2.24, 2.45) is 0 Å². The van der Waals surface area contributed by atoms with E-state index in [9.17, 15) is 0 Å². The summed E-state index contributed by atoms with van der Waals surface area (Å²) in [7, 11) is 0. The van der Waals surface area contributed by atoms with E-state index < -0.39 is 0 Å². The molecule has 17 heavy (non-hydrogen) atoms. The van der Waals surface area contributed by atoms with Crippen molar-refractivity contribution in [1.29, 1.82) is 0 Å². The average Bonchev–Trinajstić information content (AvgIpc) is 2.61. The van der Waals surface area contributed by atoms with Crippen molar-refractivity contribution in [2.45, 2.75) is 19.2 Å². The highest BCUT2D eigenvalue weighted by atomic mass is 35.5. The molecule has 0 saturated heterocycles. The first kappa shape index (κ1) is 13.2. The van der Waals surface area contributed by atoms with E-state index in [1.54, 1.807) is 17.4 Å². The molecular weight excluding hydrogens is 295 g/mol. The van der Waals surface area contributed by atoms with Gasteiger partial charge in [0.1, 0.15) is 0 Å². The zero-order valence-corrected chi connectivity index (χ0v) is 12.5. The van der Waals surface area contributed by atoms with Crippen LogP contribution in [0, 0.1) is 13.8 Å². The lowest BCUT2D eigenvalue weighted by Gasteiger charge is -2.12. The van der Waals surface area contributed by atoms with Crippen LogP contribution in [0.5, 0.6) is 0 Å². The van der Waals surface area contributed by atoms with E-state index in [0.29, 0.717) is 10.0 Å². The molecule has 0 fully saturated rings. The van der Waals surface area contributed by atoms with Gasteiger partial charge in [-0.1, -0.05) is 35.3 Å². The van der Waals surface area contributed by atoms with Crippen LogP contribution >= 0.6 is 46.1 Å². The molecule has 0 amide bonds. The first-order chi connectivity index (χ1) is 8.00. The van der Waals surface area contributed by atoms with E-state index in [-0.39, 0.29) is 5.38 Å². The summed E-state index contributed by atoms with van der Waals surface area (Å²) in [4.78, 5) is 2.38. The van der Waals surface area contributed by atoms with Crippen LogP contribution < -0.4 is 0 Å². The number of rotatable bonds is 2. The second-order valence-corrected chi connectivity index (χ2v) is 6.42. The van der Waals surface area contributed by atoms with Crippen molar-refractivity contribution < 1.29 is 0 Å². The SMILES string of the molecule is Cc1cc(C)c(C(Cl)c2cccc(Cl)c2Cl)s1. The topological polar surface area (TPSA) is 0 Å². The molecule has 90 valence electrons. The van der Waals surface area contributed by atoms with E-state index in [1.165, 1.54) is 10.4 Å². The molecule has 1 aromatic carbocycles. The van der Waals surface area contributed by atoms with Gasteiger partial charge >= 0.3 is 0 Å². The molecule has 0 N–H and O–H groups in total. The van der Waals surface area contributed by atoms with Crippen molar-refractivity contribution in [3.8, 4) is 0 Å². The van der Waals surface area contributed by atoms with Gasteiger partial charge in [0.2, 0.25) is 0 Å². The summed E-state index contributed by atoms with van der Waals surface area (Å²) in [6.07, 6.45) is 0. The van der Waals surface area contributed by atoms with Gasteiger partial charge in [-0.05, 0) is 37.1 Å². The fraction of sp³-hybridized carbons (Fsp3) is 0.231. The van der Waals surface area contributed by atoms with E-state index in [1.807, 2.05) is 12.1 Å². The summed E-state index contributed by atoms with van der Waals surface area (Å²) in [5.74, 6) is 0. The van der Waals surface area contributed by atoms with Crippen molar-refractivity contribution >= 4 is 46.1 Å². The van der Waals surface area contributed by atoms with Crippen LogP contribution in [0.3, 0.4) is 0 Å². The Morgan fingerprint density at radius 2 is 1.88 bits per heavy atom. The highest BCUT2D eigenvalue weighted by Gasteiger charge is 2.19. The van der Waals surface area contributed by atoms with Gasteiger partial charge in [0.25, 0.3) is 0 Å². The molecule has 0 nitrogen and oxygen atoms in total. The lowest BCUT2D eigenvalue weighted by atomic mass is 10.1. The Kier molecular flexibility index (Phi) is 4.04. The molecule has 0 aliphatic carbocycles.